The number of H-pyrrole nitrogens is 1. The van der Waals surface area contributed by atoms with E-state index in [4.69, 9.17) is 21.7 Å². The SMILES string of the molecule is COc1ccc(/C=N/n2c(C(C)C)n[nH]c2=S)cc1OC. The lowest BCUT2D eigenvalue weighted by atomic mass is 10.2. The van der Waals surface area contributed by atoms with Crippen LogP contribution in [0.3, 0.4) is 0 Å². The zero-order chi connectivity index (χ0) is 15.4. The van der Waals surface area contributed by atoms with Gasteiger partial charge in [0.25, 0.3) is 0 Å². The van der Waals surface area contributed by atoms with Crippen LogP contribution in [0.4, 0.5) is 0 Å². The number of methoxy groups -OCH3 is 2. The summed E-state index contributed by atoms with van der Waals surface area (Å²) in [5, 5.41) is 11.3. The summed E-state index contributed by atoms with van der Waals surface area (Å²) in [6, 6.07) is 5.57. The molecule has 0 amide bonds. The number of aromatic nitrogens is 3. The standard InChI is InChI=1S/C14H18N4O2S/c1-9(2)13-16-17-14(21)18(13)15-8-10-5-6-11(19-3)12(7-10)20-4/h5-9H,1-4H3,(H,17,21)/b15-8+. The van der Waals surface area contributed by atoms with Gasteiger partial charge in [0.2, 0.25) is 4.77 Å². The molecule has 1 heterocycles. The van der Waals surface area contributed by atoms with E-state index in [1.54, 1.807) is 25.1 Å². The van der Waals surface area contributed by atoms with Crippen LogP contribution in [0.5, 0.6) is 11.5 Å². The van der Waals surface area contributed by atoms with Gasteiger partial charge in [-0.3, -0.25) is 5.10 Å². The molecule has 1 N–H and O–H groups in total. The highest BCUT2D eigenvalue weighted by Gasteiger charge is 2.09. The van der Waals surface area contributed by atoms with Crippen LogP contribution in [0.2, 0.25) is 0 Å². The Morgan fingerprint density at radius 1 is 1.29 bits per heavy atom. The smallest absolute Gasteiger partial charge is 0.216 e. The van der Waals surface area contributed by atoms with Crippen LogP contribution in [0.1, 0.15) is 31.2 Å². The first-order valence-electron chi connectivity index (χ1n) is 6.50. The van der Waals surface area contributed by atoms with E-state index in [9.17, 15) is 0 Å². The first kappa shape index (κ1) is 15.2. The Morgan fingerprint density at radius 2 is 2.00 bits per heavy atom. The van der Waals surface area contributed by atoms with E-state index in [0.717, 1.165) is 11.4 Å². The molecule has 0 aliphatic rings. The molecule has 0 fully saturated rings. The molecule has 112 valence electrons. The number of aromatic amines is 1. The summed E-state index contributed by atoms with van der Waals surface area (Å²) < 4.78 is 12.6. The van der Waals surface area contributed by atoms with Gasteiger partial charge >= 0.3 is 0 Å². The van der Waals surface area contributed by atoms with Crippen molar-refractivity contribution in [3.63, 3.8) is 0 Å². The van der Waals surface area contributed by atoms with Gasteiger partial charge in [0, 0.05) is 5.92 Å². The van der Waals surface area contributed by atoms with Crippen molar-refractivity contribution in [2.24, 2.45) is 5.10 Å². The van der Waals surface area contributed by atoms with Crippen molar-refractivity contribution in [3.8, 4) is 11.5 Å². The molecule has 7 heteroatoms. The molecule has 0 atom stereocenters. The molecule has 1 aromatic heterocycles. The summed E-state index contributed by atoms with van der Waals surface area (Å²) in [5.41, 5.74) is 0.880. The second-order valence-electron chi connectivity index (χ2n) is 4.71. The predicted octanol–water partition coefficient (Wildman–Crippen LogP) is 2.96. The summed E-state index contributed by atoms with van der Waals surface area (Å²) in [6.45, 7) is 4.07. The maximum absolute atomic E-state index is 5.27. The Hall–Kier alpha value is -2.15. The number of ether oxygens (including phenoxy) is 2. The van der Waals surface area contributed by atoms with Crippen molar-refractivity contribution >= 4 is 18.4 Å². The zero-order valence-electron chi connectivity index (χ0n) is 12.5. The first-order chi connectivity index (χ1) is 10.1. The molecule has 6 nitrogen and oxygen atoms in total. The van der Waals surface area contributed by atoms with Gasteiger partial charge < -0.3 is 9.47 Å². The fourth-order valence-corrected chi connectivity index (χ4v) is 2.03. The molecule has 0 spiro atoms. The number of rotatable bonds is 5. The van der Waals surface area contributed by atoms with E-state index in [-0.39, 0.29) is 5.92 Å². The molecule has 0 saturated heterocycles. The van der Waals surface area contributed by atoms with Gasteiger partial charge in [0.1, 0.15) is 0 Å². The van der Waals surface area contributed by atoms with Crippen LogP contribution in [0.15, 0.2) is 23.3 Å². The third kappa shape index (κ3) is 3.30. The Bertz CT molecular complexity index is 703. The van der Waals surface area contributed by atoms with Gasteiger partial charge in [0.15, 0.2) is 17.3 Å². The van der Waals surface area contributed by atoms with Crippen LogP contribution in [0.25, 0.3) is 0 Å². The number of hydrogen-bond acceptors (Lipinski definition) is 5. The monoisotopic (exact) mass is 306 g/mol. The van der Waals surface area contributed by atoms with Crippen molar-refractivity contribution in [1.29, 1.82) is 0 Å². The molecule has 0 bridgehead atoms. The molecule has 2 rings (SSSR count). The van der Waals surface area contributed by atoms with Gasteiger partial charge in [-0.25, -0.2) is 0 Å². The van der Waals surface area contributed by atoms with E-state index in [1.165, 1.54) is 0 Å². The van der Waals surface area contributed by atoms with Gasteiger partial charge in [-0.1, -0.05) is 13.8 Å². The number of benzene rings is 1. The first-order valence-corrected chi connectivity index (χ1v) is 6.91. The van der Waals surface area contributed by atoms with E-state index >= 15 is 0 Å². The van der Waals surface area contributed by atoms with E-state index in [1.807, 2.05) is 32.0 Å². The van der Waals surface area contributed by atoms with Crippen molar-refractivity contribution in [2.75, 3.05) is 14.2 Å². The van der Waals surface area contributed by atoms with Gasteiger partial charge in [-0.05, 0) is 36.0 Å². The van der Waals surface area contributed by atoms with Crippen LogP contribution in [-0.4, -0.2) is 35.3 Å². The van der Waals surface area contributed by atoms with Crippen LogP contribution in [-0.2, 0) is 0 Å². The third-order valence-electron chi connectivity index (χ3n) is 2.92. The molecule has 0 aliphatic heterocycles. The Balaban J connectivity index is 2.34. The Labute approximate surface area is 128 Å². The fourth-order valence-electron chi connectivity index (χ4n) is 1.85. The quantitative estimate of drug-likeness (QED) is 0.681. The lowest BCUT2D eigenvalue weighted by Crippen LogP contribution is -2.01. The van der Waals surface area contributed by atoms with E-state index in [0.29, 0.717) is 16.3 Å². The second-order valence-corrected chi connectivity index (χ2v) is 5.10. The third-order valence-corrected chi connectivity index (χ3v) is 3.19. The fraction of sp³-hybridized carbons (Fsp3) is 0.357. The zero-order valence-corrected chi connectivity index (χ0v) is 13.3. The maximum Gasteiger partial charge on any atom is 0.216 e. The van der Waals surface area contributed by atoms with Crippen molar-refractivity contribution in [3.05, 3.63) is 34.4 Å². The van der Waals surface area contributed by atoms with Crippen molar-refractivity contribution < 1.29 is 9.47 Å². The summed E-state index contributed by atoms with van der Waals surface area (Å²) in [4.78, 5) is 0. The summed E-state index contributed by atoms with van der Waals surface area (Å²) in [7, 11) is 3.20. The van der Waals surface area contributed by atoms with Crippen LogP contribution >= 0.6 is 12.2 Å². The molecule has 0 radical (unpaired) electrons. The normalized spacial score (nSPS) is 11.3. The summed E-state index contributed by atoms with van der Waals surface area (Å²) >= 11 is 5.18. The lowest BCUT2D eigenvalue weighted by Gasteiger charge is -2.07. The average molecular weight is 306 g/mol. The Morgan fingerprint density at radius 3 is 2.62 bits per heavy atom. The largest absolute Gasteiger partial charge is 0.493 e. The van der Waals surface area contributed by atoms with Crippen LogP contribution in [0, 0.1) is 4.77 Å². The minimum atomic E-state index is 0.223. The highest BCUT2D eigenvalue weighted by molar-refractivity contribution is 7.71. The van der Waals surface area contributed by atoms with E-state index < -0.39 is 0 Å². The molecule has 0 saturated carbocycles. The Kier molecular flexibility index (Phi) is 4.74. The summed E-state index contributed by atoms with van der Waals surface area (Å²) in [6.07, 6.45) is 1.71. The number of hydrogen-bond donors (Lipinski definition) is 1. The molecule has 21 heavy (non-hydrogen) atoms. The molecule has 0 unspecified atom stereocenters. The topological polar surface area (TPSA) is 64.4 Å². The number of nitrogens with one attached hydrogen (secondary N) is 1. The number of nitrogens with zero attached hydrogens (tertiary/aromatic N) is 3. The second kappa shape index (κ2) is 6.53. The highest BCUT2D eigenvalue weighted by atomic mass is 32.1. The van der Waals surface area contributed by atoms with Gasteiger partial charge in [-0.15, -0.1) is 0 Å². The van der Waals surface area contributed by atoms with Gasteiger partial charge in [-0.2, -0.15) is 14.9 Å². The van der Waals surface area contributed by atoms with Crippen molar-refractivity contribution in [1.82, 2.24) is 14.9 Å². The van der Waals surface area contributed by atoms with Crippen molar-refractivity contribution in [2.45, 2.75) is 19.8 Å². The molecular weight excluding hydrogens is 288 g/mol. The predicted molar refractivity (Wildman–Crippen MR) is 84.0 cm³/mol. The maximum atomic E-state index is 5.27. The van der Waals surface area contributed by atoms with E-state index in [2.05, 4.69) is 15.3 Å². The molecule has 2 aromatic rings. The minimum Gasteiger partial charge on any atom is -0.493 e. The van der Waals surface area contributed by atoms with Gasteiger partial charge in [0.05, 0.1) is 20.4 Å². The van der Waals surface area contributed by atoms with Crippen LogP contribution < -0.4 is 9.47 Å². The summed E-state index contributed by atoms with van der Waals surface area (Å²) in [5.74, 6) is 2.34. The molecule has 0 aliphatic carbocycles. The lowest BCUT2D eigenvalue weighted by molar-refractivity contribution is 0.355. The molecule has 1 aromatic carbocycles. The molecular formula is C14H18N4O2S. The average Bonchev–Trinajstić information content (AvgIpc) is 2.86. The minimum absolute atomic E-state index is 0.223. The highest BCUT2D eigenvalue weighted by Crippen LogP contribution is 2.26.